The minimum Gasteiger partial charge on any atom is -0.369 e. The molecule has 1 heterocycles. The van der Waals surface area contributed by atoms with Gasteiger partial charge in [-0.2, -0.15) is 0 Å². The van der Waals surface area contributed by atoms with Crippen LogP contribution in [-0.2, 0) is 17.6 Å². The summed E-state index contributed by atoms with van der Waals surface area (Å²) < 4.78 is 0. The van der Waals surface area contributed by atoms with Gasteiger partial charge in [0.2, 0.25) is 5.91 Å². The number of fused-ring (bicyclic) bond motifs is 1. The van der Waals surface area contributed by atoms with E-state index in [0.29, 0.717) is 0 Å². The predicted octanol–water partition coefficient (Wildman–Crippen LogP) is 1.73. The molecule has 1 aromatic heterocycles. The lowest BCUT2D eigenvalue weighted by molar-refractivity contribution is -0.121. The Kier molecular flexibility index (Phi) is 3.59. The third kappa shape index (κ3) is 2.49. The van der Waals surface area contributed by atoms with E-state index in [1.807, 2.05) is 6.92 Å². The van der Waals surface area contributed by atoms with Gasteiger partial charge in [-0.15, -0.1) is 0 Å². The van der Waals surface area contributed by atoms with E-state index in [4.69, 9.17) is 5.73 Å². The number of nitrogens with two attached hydrogens (primary N) is 1. The Labute approximate surface area is 119 Å². The molecule has 2 atom stereocenters. The van der Waals surface area contributed by atoms with E-state index < -0.39 is 0 Å². The van der Waals surface area contributed by atoms with Crippen LogP contribution in [0.5, 0.6) is 0 Å². The zero-order valence-corrected chi connectivity index (χ0v) is 12.0. The maximum Gasteiger partial charge on any atom is 0.222 e. The van der Waals surface area contributed by atoms with Crippen LogP contribution in [0.3, 0.4) is 0 Å². The number of amides is 1. The Morgan fingerprint density at radius 2 is 2.00 bits per heavy atom. The smallest absolute Gasteiger partial charge is 0.222 e. The molecule has 2 aliphatic rings. The van der Waals surface area contributed by atoms with Gasteiger partial charge < -0.3 is 11.1 Å². The zero-order valence-electron chi connectivity index (χ0n) is 12.0. The Hall–Kier alpha value is -1.65. The number of nitrogens with one attached hydrogen (secondary N) is 1. The largest absolute Gasteiger partial charge is 0.369 e. The zero-order chi connectivity index (χ0) is 14.1. The number of aromatic nitrogens is 2. The van der Waals surface area contributed by atoms with Gasteiger partial charge in [-0.05, 0) is 45.4 Å². The van der Waals surface area contributed by atoms with E-state index in [1.165, 1.54) is 24.1 Å². The van der Waals surface area contributed by atoms with Gasteiger partial charge in [0, 0.05) is 17.3 Å². The summed E-state index contributed by atoms with van der Waals surface area (Å²) >= 11 is 0. The summed E-state index contributed by atoms with van der Waals surface area (Å²) in [5, 5.41) is 3.49. The number of carbonyl (C=O) groups excluding carboxylic acids is 1. The van der Waals surface area contributed by atoms with E-state index in [1.54, 1.807) is 0 Å². The van der Waals surface area contributed by atoms with Gasteiger partial charge >= 0.3 is 0 Å². The van der Waals surface area contributed by atoms with Crippen LogP contribution in [0.4, 0.5) is 5.82 Å². The monoisotopic (exact) mass is 274 g/mol. The predicted molar refractivity (Wildman–Crippen MR) is 77.4 cm³/mol. The number of hydrogen-bond donors (Lipinski definition) is 2. The maximum absolute atomic E-state index is 11.5. The Morgan fingerprint density at radius 1 is 1.20 bits per heavy atom. The molecule has 0 radical (unpaired) electrons. The van der Waals surface area contributed by atoms with Crippen LogP contribution >= 0.6 is 0 Å². The lowest BCUT2D eigenvalue weighted by Gasteiger charge is -2.24. The van der Waals surface area contributed by atoms with Crippen molar-refractivity contribution in [3.63, 3.8) is 0 Å². The minimum atomic E-state index is -0.195. The first-order valence-corrected chi connectivity index (χ1v) is 7.57. The van der Waals surface area contributed by atoms with Crippen LogP contribution in [0.1, 0.15) is 49.2 Å². The molecule has 5 heteroatoms. The van der Waals surface area contributed by atoms with Crippen molar-refractivity contribution in [2.24, 2.45) is 11.7 Å². The molecular formula is C15H22N4O. The summed E-state index contributed by atoms with van der Waals surface area (Å²) in [7, 11) is 0. The van der Waals surface area contributed by atoms with Gasteiger partial charge in [0.15, 0.2) is 0 Å². The number of primary amides is 1. The minimum absolute atomic E-state index is 0.0653. The fourth-order valence-electron chi connectivity index (χ4n) is 3.49. The van der Waals surface area contributed by atoms with Crippen molar-refractivity contribution in [3.05, 3.63) is 17.1 Å². The van der Waals surface area contributed by atoms with Crippen molar-refractivity contribution in [2.45, 2.75) is 57.9 Å². The van der Waals surface area contributed by atoms with Gasteiger partial charge in [-0.3, -0.25) is 4.79 Å². The van der Waals surface area contributed by atoms with E-state index in [9.17, 15) is 4.79 Å². The fraction of sp³-hybridized carbons (Fsp3) is 0.667. The first-order chi connectivity index (χ1) is 9.65. The highest BCUT2D eigenvalue weighted by Crippen LogP contribution is 2.31. The molecule has 5 nitrogen and oxygen atoms in total. The normalized spacial score (nSPS) is 25.2. The van der Waals surface area contributed by atoms with Crippen molar-refractivity contribution in [2.75, 3.05) is 5.32 Å². The summed E-state index contributed by atoms with van der Waals surface area (Å²) in [6, 6.07) is 0.132. The highest BCUT2D eigenvalue weighted by Gasteiger charge is 2.32. The summed E-state index contributed by atoms with van der Waals surface area (Å²) in [5.74, 6) is 1.48. The summed E-state index contributed by atoms with van der Waals surface area (Å²) in [5.41, 5.74) is 7.93. The molecule has 2 unspecified atom stereocenters. The van der Waals surface area contributed by atoms with Crippen LogP contribution in [0.2, 0.25) is 0 Å². The van der Waals surface area contributed by atoms with Crippen molar-refractivity contribution >= 4 is 11.7 Å². The molecule has 0 spiro atoms. The first kappa shape index (κ1) is 13.3. The van der Waals surface area contributed by atoms with Crippen LogP contribution in [0, 0.1) is 12.8 Å². The number of anilines is 1. The van der Waals surface area contributed by atoms with Gasteiger partial charge in [-0.25, -0.2) is 9.97 Å². The summed E-state index contributed by atoms with van der Waals surface area (Å²) in [6.07, 6.45) is 7.40. The third-order valence-electron chi connectivity index (χ3n) is 4.50. The lowest BCUT2D eigenvalue weighted by Crippen LogP contribution is -2.35. The number of aryl methyl sites for hydroxylation is 2. The molecule has 1 saturated carbocycles. The number of carbonyl (C=O) groups is 1. The molecule has 1 fully saturated rings. The summed E-state index contributed by atoms with van der Waals surface area (Å²) in [4.78, 5) is 20.6. The van der Waals surface area contributed by atoms with E-state index in [0.717, 1.165) is 43.7 Å². The van der Waals surface area contributed by atoms with Gasteiger partial charge in [-0.1, -0.05) is 6.42 Å². The topological polar surface area (TPSA) is 80.9 Å². The molecule has 0 bridgehead atoms. The lowest BCUT2D eigenvalue weighted by atomic mass is 9.95. The third-order valence-corrected chi connectivity index (χ3v) is 4.50. The van der Waals surface area contributed by atoms with E-state index in [2.05, 4.69) is 15.3 Å². The highest BCUT2D eigenvalue weighted by molar-refractivity contribution is 5.78. The molecular weight excluding hydrogens is 252 g/mol. The Morgan fingerprint density at radius 3 is 2.80 bits per heavy atom. The van der Waals surface area contributed by atoms with Gasteiger partial charge in [0.25, 0.3) is 0 Å². The fourth-order valence-corrected chi connectivity index (χ4v) is 3.49. The van der Waals surface area contributed by atoms with E-state index >= 15 is 0 Å². The van der Waals surface area contributed by atoms with E-state index in [-0.39, 0.29) is 17.9 Å². The van der Waals surface area contributed by atoms with Crippen LogP contribution < -0.4 is 11.1 Å². The summed E-state index contributed by atoms with van der Waals surface area (Å²) in [6.45, 7) is 1.93. The molecule has 1 amide bonds. The number of hydrogen-bond acceptors (Lipinski definition) is 4. The second-order valence-corrected chi connectivity index (χ2v) is 5.94. The SMILES string of the molecule is Cc1nc2c(c(NC3CCCC3C(N)=O)n1)CCCC2. The first-order valence-electron chi connectivity index (χ1n) is 7.57. The Balaban J connectivity index is 1.87. The molecule has 0 aliphatic heterocycles. The van der Waals surface area contributed by atoms with Crippen molar-refractivity contribution < 1.29 is 4.79 Å². The van der Waals surface area contributed by atoms with Crippen LogP contribution in [0.15, 0.2) is 0 Å². The van der Waals surface area contributed by atoms with Crippen LogP contribution in [0.25, 0.3) is 0 Å². The van der Waals surface area contributed by atoms with Crippen molar-refractivity contribution in [1.29, 1.82) is 0 Å². The molecule has 3 rings (SSSR count). The molecule has 2 aliphatic carbocycles. The molecule has 1 aromatic rings. The average molecular weight is 274 g/mol. The van der Waals surface area contributed by atoms with Crippen LogP contribution in [-0.4, -0.2) is 21.9 Å². The molecule has 0 saturated heterocycles. The quantitative estimate of drug-likeness (QED) is 0.879. The average Bonchev–Trinajstić information content (AvgIpc) is 2.87. The Bertz CT molecular complexity index is 529. The molecule has 3 N–H and O–H groups in total. The maximum atomic E-state index is 11.5. The second kappa shape index (κ2) is 5.38. The van der Waals surface area contributed by atoms with Crippen molar-refractivity contribution in [1.82, 2.24) is 9.97 Å². The van der Waals surface area contributed by atoms with Crippen molar-refractivity contribution in [3.8, 4) is 0 Å². The van der Waals surface area contributed by atoms with Gasteiger partial charge in [0.1, 0.15) is 11.6 Å². The van der Waals surface area contributed by atoms with Gasteiger partial charge in [0.05, 0.1) is 5.92 Å². The molecule has 0 aromatic carbocycles. The molecule has 108 valence electrons. The number of rotatable bonds is 3. The molecule has 20 heavy (non-hydrogen) atoms. The second-order valence-electron chi connectivity index (χ2n) is 5.94. The highest BCUT2D eigenvalue weighted by atomic mass is 16.1. The standard InChI is InChI=1S/C15H22N4O/c1-9-17-13-7-3-2-5-11(13)15(18-9)19-12-8-4-6-10(12)14(16)20/h10,12H,2-8H2,1H3,(H2,16,20)(H,17,18,19). The number of nitrogens with zero attached hydrogens (tertiary/aromatic N) is 2.